The number of methoxy groups -OCH3 is 2. The van der Waals surface area contributed by atoms with Crippen molar-refractivity contribution in [3.8, 4) is 11.5 Å². The van der Waals surface area contributed by atoms with E-state index in [9.17, 15) is 13.2 Å². The first kappa shape index (κ1) is 20.2. The minimum atomic E-state index is -4.01. The second kappa shape index (κ2) is 8.23. The molecule has 3 N–H and O–H groups in total. The number of benzene rings is 2. The van der Waals surface area contributed by atoms with Gasteiger partial charge in [-0.1, -0.05) is 18.2 Å². The first-order valence-corrected chi connectivity index (χ1v) is 9.97. The predicted molar refractivity (Wildman–Crippen MR) is 109 cm³/mol. The Labute approximate surface area is 167 Å². The Bertz CT molecular complexity index is 1180. The van der Waals surface area contributed by atoms with Crippen molar-refractivity contribution in [2.45, 2.75) is 11.4 Å². The maximum Gasteiger partial charge on any atom is 0.280 e. The number of carbonyl (C=O) groups excluding carboxylic acids is 1. The van der Waals surface area contributed by atoms with Crippen LogP contribution in [0.25, 0.3) is 10.9 Å². The Morgan fingerprint density at radius 2 is 1.97 bits per heavy atom. The Kier molecular flexibility index (Phi) is 5.74. The molecule has 0 bridgehead atoms. The number of hydrazone groups is 1. The van der Waals surface area contributed by atoms with E-state index < -0.39 is 15.9 Å². The van der Waals surface area contributed by atoms with Crippen LogP contribution in [0.4, 0.5) is 0 Å². The zero-order valence-electron chi connectivity index (χ0n) is 15.8. The molecular weight excluding hydrogens is 396 g/mol. The molecule has 29 heavy (non-hydrogen) atoms. The Morgan fingerprint density at radius 1 is 1.21 bits per heavy atom. The molecule has 0 fully saturated rings. The van der Waals surface area contributed by atoms with Gasteiger partial charge in [-0.05, 0) is 18.2 Å². The van der Waals surface area contributed by atoms with Crippen molar-refractivity contribution < 1.29 is 22.7 Å². The molecule has 0 radical (unpaired) electrons. The van der Waals surface area contributed by atoms with Crippen molar-refractivity contribution >= 4 is 33.0 Å². The fourth-order valence-corrected chi connectivity index (χ4v) is 3.86. The van der Waals surface area contributed by atoms with Crippen molar-refractivity contribution in [1.82, 2.24) is 9.40 Å². The maximum atomic E-state index is 12.7. The molecule has 0 saturated carbocycles. The van der Waals surface area contributed by atoms with E-state index in [0.717, 1.165) is 10.9 Å². The summed E-state index contributed by atoms with van der Waals surface area (Å²) in [6.45, 7) is 0.00108. The third-order valence-corrected chi connectivity index (χ3v) is 5.43. The smallest absolute Gasteiger partial charge is 0.280 e. The highest BCUT2D eigenvalue weighted by Crippen LogP contribution is 2.28. The van der Waals surface area contributed by atoms with E-state index in [2.05, 4.69) is 9.93 Å². The van der Waals surface area contributed by atoms with Gasteiger partial charge >= 0.3 is 0 Å². The number of nitrogens with zero attached hydrogens (tertiary/aromatic N) is 2. The molecule has 3 rings (SSSR count). The lowest BCUT2D eigenvalue weighted by atomic mass is 10.2. The summed E-state index contributed by atoms with van der Waals surface area (Å²) in [5, 5.41) is 4.68. The number of aromatic nitrogens is 1. The van der Waals surface area contributed by atoms with Gasteiger partial charge in [-0.25, -0.2) is 0 Å². The fraction of sp³-hybridized carbons (Fsp3) is 0.158. The zero-order chi connectivity index (χ0) is 21.0. The van der Waals surface area contributed by atoms with Crippen LogP contribution in [-0.2, 0) is 21.4 Å². The largest absolute Gasteiger partial charge is 0.497 e. The van der Waals surface area contributed by atoms with Gasteiger partial charge in [0, 0.05) is 28.7 Å². The molecule has 1 amide bonds. The lowest BCUT2D eigenvalue weighted by molar-refractivity contribution is -0.118. The summed E-state index contributed by atoms with van der Waals surface area (Å²) in [5.41, 5.74) is 6.70. The SMILES string of the molecule is COc1ccc(OC)c(S(=O)(=O)N/N=C/c2cn(CC(N)=O)c3ccccc23)c1. The number of nitrogens with one attached hydrogen (secondary N) is 1. The molecule has 0 aliphatic heterocycles. The van der Waals surface area contributed by atoms with E-state index in [0.29, 0.717) is 11.3 Å². The first-order valence-electron chi connectivity index (χ1n) is 8.49. The molecule has 152 valence electrons. The normalized spacial score (nSPS) is 11.7. The zero-order valence-corrected chi connectivity index (χ0v) is 16.6. The lowest BCUT2D eigenvalue weighted by Gasteiger charge is -2.10. The fourth-order valence-electron chi connectivity index (χ4n) is 2.89. The van der Waals surface area contributed by atoms with Gasteiger partial charge in [0.2, 0.25) is 5.91 Å². The second-order valence-electron chi connectivity index (χ2n) is 6.07. The van der Waals surface area contributed by atoms with Gasteiger partial charge in [0.25, 0.3) is 10.0 Å². The molecule has 0 aliphatic carbocycles. The van der Waals surface area contributed by atoms with Gasteiger partial charge in [0.05, 0.1) is 20.4 Å². The molecule has 1 aromatic heterocycles. The topological polar surface area (TPSA) is 125 Å². The Morgan fingerprint density at radius 3 is 2.66 bits per heavy atom. The number of primary amides is 1. The molecular formula is C19H20N4O5S. The molecule has 1 heterocycles. The molecule has 10 heteroatoms. The number of para-hydroxylation sites is 1. The van der Waals surface area contributed by atoms with Gasteiger partial charge in [0.1, 0.15) is 22.9 Å². The molecule has 0 aliphatic rings. The number of hydrogen-bond acceptors (Lipinski definition) is 6. The number of carbonyl (C=O) groups is 1. The maximum absolute atomic E-state index is 12.7. The van der Waals surface area contributed by atoms with Gasteiger partial charge in [-0.2, -0.15) is 18.4 Å². The van der Waals surface area contributed by atoms with Crippen LogP contribution in [0, 0.1) is 0 Å². The highest BCUT2D eigenvalue weighted by molar-refractivity contribution is 7.89. The third-order valence-electron chi connectivity index (χ3n) is 4.18. The van der Waals surface area contributed by atoms with E-state index in [1.54, 1.807) is 16.8 Å². The molecule has 0 spiro atoms. The van der Waals surface area contributed by atoms with Crippen LogP contribution in [0.3, 0.4) is 0 Å². The summed E-state index contributed by atoms with van der Waals surface area (Å²) < 4.78 is 37.2. The van der Waals surface area contributed by atoms with Crippen LogP contribution >= 0.6 is 0 Å². The van der Waals surface area contributed by atoms with Crippen molar-refractivity contribution in [3.05, 3.63) is 54.2 Å². The average molecular weight is 416 g/mol. The number of nitrogens with two attached hydrogens (primary N) is 1. The van der Waals surface area contributed by atoms with E-state index >= 15 is 0 Å². The summed E-state index contributed by atoms with van der Waals surface area (Å²) in [5.74, 6) is 0.0382. The Balaban J connectivity index is 1.91. The van der Waals surface area contributed by atoms with Crippen molar-refractivity contribution in [3.63, 3.8) is 0 Å². The second-order valence-corrected chi connectivity index (χ2v) is 7.69. The minimum Gasteiger partial charge on any atom is -0.497 e. The number of rotatable bonds is 8. The molecule has 2 aromatic carbocycles. The van der Waals surface area contributed by atoms with Crippen LogP contribution in [0.1, 0.15) is 5.56 Å². The minimum absolute atomic E-state index is 0.00108. The summed E-state index contributed by atoms with van der Waals surface area (Å²) in [6.07, 6.45) is 3.05. The van der Waals surface area contributed by atoms with E-state index in [1.807, 2.05) is 24.3 Å². The molecule has 9 nitrogen and oxygen atoms in total. The van der Waals surface area contributed by atoms with Crippen LogP contribution in [0.15, 0.2) is 58.7 Å². The molecule has 0 saturated heterocycles. The highest BCUT2D eigenvalue weighted by Gasteiger charge is 2.20. The standard InChI is InChI=1S/C19H20N4O5S/c1-27-14-7-8-17(28-2)18(9-14)29(25,26)22-21-10-13-11-23(12-19(20)24)16-6-4-3-5-15(13)16/h3-11,22H,12H2,1-2H3,(H2,20,24)/b21-10+. The van der Waals surface area contributed by atoms with Crippen molar-refractivity contribution in [2.24, 2.45) is 10.8 Å². The van der Waals surface area contributed by atoms with E-state index in [1.165, 1.54) is 32.6 Å². The number of hydrogen-bond donors (Lipinski definition) is 2. The van der Waals surface area contributed by atoms with Gasteiger partial charge < -0.3 is 19.8 Å². The lowest BCUT2D eigenvalue weighted by Crippen LogP contribution is -2.19. The predicted octanol–water partition coefficient (Wildman–Crippen LogP) is 1.46. The molecule has 0 unspecified atom stereocenters. The van der Waals surface area contributed by atoms with Gasteiger partial charge in [-0.3, -0.25) is 4.79 Å². The molecule has 0 atom stereocenters. The number of ether oxygens (including phenoxy) is 2. The summed E-state index contributed by atoms with van der Waals surface area (Å²) >= 11 is 0. The van der Waals surface area contributed by atoms with Crippen LogP contribution in [-0.4, -0.2) is 39.3 Å². The van der Waals surface area contributed by atoms with E-state index in [4.69, 9.17) is 15.2 Å². The number of fused-ring (bicyclic) bond motifs is 1. The van der Waals surface area contributed by atoms with Crippen LogP contribution in [0.2, 0.25) is 0 Å². The number of sulfonamides is 1. The quantitative estimate of drug-likeness (QED) is 0.425. The van der Waals surface area contributed by atoms with Crippen molar-refractivity contribution in [2.75, 3.05) is 14.2 Å². The van der Waals surface area contributed by atoms with Crippen LogP contribution in [0.5, 0.6) is 11.5 Å². The van der Waals surface area contributed by atoms with Crippen LogP contribution < -0.4 is 20.0 Å². The monoisotopic (exact) mass is 416 g/mol. The number of amides is 1. The van der Waals surface area contributed by atoms with Gasteiger partial charge in [0.15, 0.2) is 0 Å². The van der Waals surface area contributed by atoms with Gasteiger partial charge in [-0.15, -0.1) is 0 Å². The molecule has 3 aromatic rings. The average Bonchev–Trinajstić information content (AvgIpc) is 3.04. The Hall–Kier alpha value is -3.53. The third kappa shape index (κ3) is 4.32. The highest BCUT2D eigenvalue weighted by atomic mass is 32.2. The summed E-state index contributed by atoms with van der Waals surface area (Å²) in [7, 11) is -1.20. The van der Waals surface area contributed by atoms with E-state index in [-0.39, 0.29) is 17.2 Å². The summed E-state index contributed by atoms with van der Waals surface area (Å²) in [6, 6.07) is 11.8. The van der Waals surface area contributed by atoms with Crippen molar-refractivity contribution in [1.29, 1.82) is 0 Å². The summed E-state index contributed by atoms with van der Waals surface area (Å²) in [4.78, 5) is 13.4. The first-order chi connectivity index (χ1) is 13.9.